The molecule has 0 aromatic heterocycles. The summed E-state index contributed by atoms with van der Waals surface area (Å²) in [6.07, 6.45) is 3.63. The molecule has 0 fully saturated rings. The maximum atomic E-state index is 11.4. The van der Waals surface area contributed by atoms with Gasteiger partial charge < -0.3 is 15.2 Å². The van der Waals surface area contributed by atoms with Crippen LogP contribution in [0, 0.1) is 0 Å². The Kier molecular flexibility index (Phi) is 3.99. The predicted octanol–water partition coefficient (Wildman–Crippen LogP) is 1.13. The van der Waals surface area contributed by atoms with Crippen molar-refractivity contribution in [3.05, 3.63) is 35.4 Å². The Balaban J connectivity index is 1.94. The first-order valence-electron chi connectivity index (χ1n) is 6.05. The smallest absolute Gasteiger partial charge is 0.244 e. The van der Waals surface area contributed by atoms with Crippen molar-refractivity contribution in [2.24, 2.45) is 0 Å². The average molecular weight is 247 g/mol. The molecule has 1 aromatic carbocycles. The summed E-state index contributed by atoms with van der Waals surface area (Å²) in [6, 6.07) is 5.87. The molecule has 18 heavy (non-hydrogen) atoms. The Labute approximate surface area is 106 Å². The van der Waals surface area contributed by atoms with Gasteiger partial charge in [-0.3, -0.25) is 4.79 Å². The molecule has 1 heterocycles. The highest BCUT2D eigenvalue weighted by molar-refractivity contribution is 5.91. The summed E-state index contributed by atoms with van der Waals surface area (Å²) >= 11 is 0. The largest absolute Gasteiger partial charge is 0.493 e. The lowest BCUT2D eigenvalue weighted by Gasteiger charge is -2.04. The molecule has 1 atom stereocenters. The van der Waals surface area contributed by atoms with E-state index in [-0.39, 0.29) is 12.5 Å². The Morgan fingerprint density at radius 2 is 2.44 bits per heavy atom. The summed E-state index contributed by atoms with van der Waals surface area (Å²) in [5.74, 6) is 0.735. The normalized spacial score (nSPS) is 15.2. The molecule has 1 aromatic rings. The van der Waals surface area contributed by atoms with Crippen molar-refractivity contribution >= 4 is 12.0 Å². The van der Waals surface area contributed by atoms with Gasteiger partial charge in [0.1, 0.15) is 5.75 Å². The minimum absolute atomic E-state index is 0.201. The number of hydrogen-bond acceptors (Lipinski definition) is 3. The molecule has 0 bridgehead atoms. The SMILES string of the molecule is CC(O)CNC(=O)/C=C/c1ccc2c(c1)CCO2. The van der Waals surface area contributed by atoms with E-state index in [2.05, 4.69) is 5.32 Å². The second-order valence-electron chi connectivity index (χ2n) is 4.39. The Morgan fingerprint density at radius 3 is 3.22 bits per heavy atom. The van der Waals surface area contributed by atoms with Gasteiger partial charge in [0, 0.05) is 19.0 Å². The van der Waals surface area contributed by atoms with Crippen LogP contribution in [-0.4, -0.2) is 30.3 Å². The van der Waals surface area contributed by atoms with Crippen LogP contribution in [0.5, 0.6) is 5.75 Å². The lowest BCUT2D eigenvalue weighted by Crippen LogP contribution is -2.28. The van der Waals surface area contributed by atoms with Gasteiger partial charge in [0.05, 0.1) is 12.7 Å². The topological polar surface area (TPSA) is 58.6 Å². The van der Waals surface area contributed by atoms with E-state index >= 15 is 0 Å². The number of benzene rings is 1. The third-order valence-electron chi connectivity index (χ3n) is 2.71. The number of aliphatic hydroxyl groups excluding tert-OH is 1. The van der Waals surface area contributed by atoms with E-state index < -0.39 is 6.10 Å². The first kappa shape index (κ1) is 12.6. The van der Waals surface area contributed by atoms with E-state index in [9.17, 15) is 4.79 Å². The third kappa shape index (κ3) is 3.34. The van der Waals surface area contributed by atoms with Crippen molar-refractivity contribution in [2.75, 3.05) is 13.2 Å². The quantitative estimate of drug-likeness (QED) is 0.784. The number of ether oxygens (including phenoxy) is 1. The molecule has 1 unspecified atom stereocenters. The number of fused-ring (bicyclic) bond motifs is 1. The van der Waals surface area contributed by atoms with E-state index in [0.29, 0.717) is 0 Å². The number of aliphatic hydroxyl groups is 1. The maximum Gasteiger partial charge on any atom is 0.244 e. The first-order valence-corrected chi connectivity index (χ1v) is 6.05. The fraction of sp³-hybridized carbons (Fsp3) is 0.357. The zero-order chi connectivity index (χ0) is 13.0. The summed E-state index contributed by atoms with van der Waals surface area (Å²) in [4.78, 5) is 11.4. The molecular formula is C14H17NO3. The highest BCUT2D eigenvalue weighted by Crippen LogP contribution is 2.26. The van der Waals surface area contributed by atoms with Crippen LogP contribution in [0.1, 0.15) is 18.1 Å². The minimum atomic E-state index is -0.528. The van der Waals surface area contributed by atoms with Crippen LogP contribution in [0.2, 0.25) is 0 Å². The molecule has 0 spiro atoms. The molecule has 1 amide bonds. The lowest BCUT2D eigenvalue weighted by molar-refractivity contribution is -0.116. The second-order valence-corrected chi connectivity index (χ2v) is 4.39. The zero-order valence-corrected chi connectivity index (χ0v) is 10.3. The van der Waals surface area contributed by atoms with Gasteiger partial charge in [0.15, 0.2) is 0 Å². The Morgan fingerprint density at radius 1 is 1.61 bits per heavy atom. The monoisotopic (exact) mass is 247 g/mol. The molecule has 96 valence electrons. The van der Waals surface area contributed by atoms with Gasteiger partial charge in [-0.25, -0.2) is 0 Å². The van der Waals surface area contributed by atoms with E-state index in [1.54, 1.807) is 13.0 Å². The number of carbonyl (C=O) groups is 1. The summed E-state index contributed by atoms with van der Waals surface area (Å²) in [6.45, 7) is 2.63. The molecule has 0 aliphatic carbocycles. The number of rotatable bonds is 4. The standard InChI is InChI=1S/C14H17NO3/c1-10(16)9-15-14(17)5-3-11-2-4-13-12(8-11)6-7-18-13/h2-5,8,10,16H,6-7,9H2,1H3,(H,15,17)/b5-3+. The number of amides is 1. The minimum Gasteiger partial charge on any atom is -0.493 e. The summed E-state index contributed by atoms with van der Waals surface area (Å²) < 4.78 is 5.41. The molecule has 4 nitrogen and oxygen atoms in total. The highest BCUT2D eigenvalue weighted by atomic mass is 16.5. The van der Waals surface area contributed by atoms with Crippen molar-refractivity contribution in [3.63, 3.8) is 0 Å². The van der Waals surface area contributed by atoms with Crippen molar-refractivity contribution in [3.8, 4) is 5.75 Å². The van der Waals surface area contributed by atoms with Gasteiger partial charge in [-0.15, -0.1) is 0 Å². The first-order chi connectivity index (χ1) is 8.65. The molecule has 0 radical (unpaired) electrons. The zero-order valence-electron chi connectivity index (χ0n) is 10.3. The van der Waals surface area contributed by atoms with E-state index in [1.165, 1.54) is 11.6 Å². The van der Waals surface area contributed by atoms with Crippen LogP contribution in [0.4, 0.5) is 0 Å². The maximum absolute atomic E-state index is 11.4. The van der Waals surface area contributed by atoms with Crippen molar-refractivity contribution in [1.82, 2.24) is 5.32 Å². The summed E-state index contributed by atoms with van der Waals surface area (Å²) in [7, 11) is 0. The Bertz CT molecular complexity index is 466. The molecule has 2 rings (SSSR count). The second kappa shape index (κ2) is 5.69. The van der Waals surface area contributed by atoms with Crippen molar-refractivity contribution in [1.29, 1.82) is 0 Å². The van der Waals surface area contributed by atoms with Gasteiger partial charge in [0.2, 0.25) is 5.91 Å². The van der Waals surface area contributed by atoms with Crippen LogP contribution >= 0.6 is 0 Å². The van der Waals surface area contributed by atoms with Crippen LogP contribution in [-0.2, 0) is 11.2 Å². The molecular weight excluding hydrogens is 230 g/mol. The van der Waals surface area contributed by atoms with Crippen LogP contribution in [0.25, 0.3) is 6.08 Å². The van der Waals surface area contributed by atoms with E-state index in [1.807, 2.05) is 18.2 Å². The van der Waals surface area contributed by atoms with Crippen molar-refractivity contribution < 1.29 is 14.6 Å². The Hall–Kier alpha value is -1.81. The molecule has 1 aliphatic rings. The van der Waals surface area contributed by atoms with Gasteiger partial charge >= 0.3 is 0 Å². The van der Waals surface area contributed by atoms with Gasteiger partial charge in [0.25, 0.3) is 0 Å². The van der Waals surface area contributed by atoms with Crippen LogP contribution < -0.4 is 10.1 Å². The van der Waals surface area contributed by atoms with Gasteiger partial charge in [-0.2, -0.15) is 0 Å². The lowest BCUT2D eigenvalue weighted by atomic mass is 10.1. The molecule has 4 heteroatoms. The third-order valence-corrected chi connectivity index (χ3v) is 2.71. The molecule has 1 aliphatic heterocycles. The number of nitrogens with one attached hydrogen (secondary N) is 1. The number of hydrogen-bond donors (Lipinski definition) is 2. The molecule has 2 N–H and O–H groups in total. The average Bonchev–Trinajstić information content (AvgIpc) is 2.81. The highest BCUT2D eigenvalue weighted by Gasteiger charge is 2.11. The molecule has 0 saturated carbocycles. The number of carbonyl (C=O) groups excluding carboxylic acids is 1. The van der Waals surface area contributed by atoms with E-state index in [0.717, 1.165) is 24.3 Å². The van der Waals surface area contributed by atoms with Gasteiger partial charge in [-0.05, 0) is 36.3 Å². The molecule has 0 saturated heterocycles. The predicted molar refractivity (Wildman–Crippen MR) is 69.4 cm³/mol. The van der Waals surface area contributed by atoms with E-state index in [4.69, 9.17) is 9.84 Å². The summed E-state index contributed by atoms with van der Waals surface area (Å²) in [5.41, 5.74) is 2.16. The fourth-order valence-electron chi connectivity index (χ4n) is 1.79. The van der Waals surface area contributed by atoms with Crippen LogP contribution in [0.15, 0.2) is 24.3 Å². The fourth-order valence-corrected chi connectivity index (χ4v) is 1.79. The van der Waals surface area contributed by atoms with Crippen LogP contribution in [0.3, 0.4) is 0 Å². The van der Waals surface area contributed by atoms with Crippen molar-refractivity contribution in [2.45, 2.75) is 19.4 Å². The summed E-state index contributed by atoms with van der Waals surface area (Å²) in [5, 5.41) is 11.6. The van der Waals surface area contributed by atoms with Gasteiger partial charge in [-0.1, -0.05) is 6.07 Å².